The molecule has 0 saturated heterocycles. The molecule has 1 nitrogen and oxygen atoms in total. The number of hydrogen-bond acceptors (Lipinski definition) is 1. The molecule has 0 radical (unpaired) electrons. The van der Waals surface area contributed by atoms with Gasteiger partial charge in [0.2, 0.25) is 0 Å². The molecule has 17 heavy (non-hydrogen) atoms. The van der Waals surface area contributed by atoms with Crippen LogP contribution in [0.5, 0.6) is 0 Å². The summed E-state index contributed by atoms with van der Waals surface area (Å²) in [4.78, 5) is 0. The van der Waals surface area contributed by atoms with Gasteiger partial charge in [-0.1, -0.05) is 12.1 Å². The minimum Gasteiger partial charge on any atom is -0.306 e. The van der Waals surface area contributed by atoms with Crippen molar-refractivity contribution in [3.8, 4) is 0 Å². The van der Waals surface area contributed by atoms with E-state index in [2.05, 4.69) is 5.32 Å². The first-order chi connectivity index (χ1) is 7.94. The van der Waals surface area contributed by atoms with Crippen molar-refractivity contribution >= 4 is 0 Å². The molecular weight excluding hydrogens is 234 g/mol. The summed E-state index contributed by atoms with van der Waals surface area (Å²) in [6.07, 6.45) is -2.79. The van der Waals surface area contributed by atoms with Crippen molar-refractivity contribution < 1.29 is 17.6 Å². The van der Waals surface area contributed by atoms with E-state index in [1.165, 1.54) is 12.1 Å². The lowest BCUT2D eigenvalue weighted by atomic mass is 9.76. The topological polar surface area (TPSA) is 12.0 Å². The van der Waals surface area contributed by atoms with Gasteiger partial charge >= 0.3 is 6.18 Å². The van der Waals surface area contributed by atoms with Crippen molar-refractivity contribution in [3.63, 3.8) is 0 Å². The van der Waals surface area contributed by atoms with Crippen LogP contribution in [0.4, 0.5) is 17.6 Å². The van der Waals surface area contributed by atoms with E-state index >= 15 is 0 Å². The molecule has 5 heteroatoms. The van der Waals surface area contributed by atoms with Crippen LogP contribution in [-0.2, 0) is 0 Å². The third kappa shape index (κ3) is 3.43. The number of nitrogens with one attached hydrogen (secondary N) is 1. The van der Waals surface area contributed by atoms with E-state index in [4.69, 9.17) is 0 Å². The summed E-state index contributed by atoms with van der Waals surface area (Å²) in [6.45, 7) is -0.937. The molecule has 1 N–H and O–H groups in total. The van der Waals surface area contributed by atoms with Crippen LogP contribution in [0, 0.1) is 5.82 Å². The predicted molar refractivity (Wildman–Crippen MR) is 56.2 cm³/mol. The van der Waals surface area contributed by atoms with Crippen LogP contribution < -0.4 is 5.32 Å². The van der Waals surface area contributed by atoms with Crippen molar-refractivity contribution in [2.45, 2.75) is 31.0 Å². The smallest absolute Gasteiger partial charge is 0.306 e. The van der Waals surface area contributed by atoms with Gasteiger partial charge in [0.05, 0.1) is 6.54 Å². The summed E-state index contributed by atoms with van der Waals surface area (Å²) in [5.41, 5.74) is 0.997. The Morgan fingerprint density at radius 3 is 2.24 bits per heavy atom. The van der Waals surface area contributed by atoms with Crippen LogP contribution >= 0.6 is 0 Å². The van der Waals surface area contributed by atoms with Crippen molar-refractivity contribution in [2.75, 3.05) is 6.54 Å². The van der Waals surface area contributed by atoms with Gasteiger partial charge in [0, 0.05) is 6.04 Å². The largest absolute Gasteiger partial charge is 0.401 e. The van der Waals surface area contributed by atoms with Crippen LogP contribution in [0.1, 0.15) is 24.3 Å². The minimum atomic E-state index is -4.15. The lowest BCUT2D eigenvalue weighted by Gasteiger charge is -2.36. The summed E-state index contributed by atoms with van der Waals surface area (Å²) in [5.74, 6) is -0.0406. The zero-order valence-electron chi connectivity index (χ0n) is 9.10. The standard InChI is InChI=1S/C12H13F4N/c13-10-3-1-8(2-4-10)9-5-11(6-9)17-7-12(14,15)16/h1-4,9,11,17H,5-7H2. The van der Waals surface area contributed by atoms with E-state index in [0.29, 0.717) is 12.8 Å². The Bertz CT molecular complexity index is 365. The van der Waals surface area contributed by atoms with E-state index in [-0.39, 0.29) is 17.8 Å². The first-order valence-electron chi connectivity index (χ1n) is 5.49. The highest BCUT2D eigenvalue weighted by Gasteiger charge is 2.34. The molecule has 0 atom stereocenters. The van der Waals surface area contributed by atoms with E-state index in [0.717, 1.165) is 5.56 Å². The van der Waals surface area contributed by atoms with Gasteiger partial charge in [0.25, 0.3) is 0 Å². The van der Waals surface area contributed by atoms with Crippen LogP contribution in [-0.4, -0.2) is 18.8 Å². The number of benzene rings is 1. The van der Waals surface area contributed by atoms with Gasteiger partial charge in [0.1, 0.15) is 5.82 Å². The van der Waals surface area contributed by atoms with Crippen LogP contribution in [0.25, 0.3) is 0 Å². The molecule has 0 aliphatic heterocycles. The number of hydrogen-bond donors (Lipinski definition) is 1. The average molecular weight is 247 g/mol. The molecule has 1 saturated carbocycles. The maximum Gasteiger partial charge on any atom is 0.401 e. The normalized spacial score (nSPS) is 24.5. The van der Waals surface area contributed by atoms with Crippen LogP contribution in [0.15, 0.2) is 24.3 Å². The summed E-state index contributed by atoms with van der Waals surface area (Å²) >= 11 is 0. The van der Waals surface area contributed by atoms with Gasteiger partial charge in [-0.25, -0.2) is 4.39 Å². The fourth-order valence-electron chi connectivity index (χ4n) is 2.05. The molecule has 1 aliphatic carbocycles. The molecule has 0 unspecified atom stereocenters. The lowest BCUT2D eigenvalue weighted by molar-refractivity contribution is -0.127. The third-order valence-corrected chi connectivity index (χ3v) is 3.07. The first kappa shape index (κ1) is 12.4. The van der Waals surface area contributed by atoms with Gasteiger partial charge in [-0.3, -0.25) is 0 Å². The second kappa shape index (κ2) is 4.64. The van der Waals surface area contributed by atoms with Crippen molar-refractivity contribution in [3.05, 3.63) is 35.6 Å². The average Bonchev–Trinajstić information content (AvgIpc) is 2.16. The minimum absolute atomic E-state index is 0.0771. The van der Waals surface area contributed by atoms with Crippen LogP contribution in [0.3, 0.4) is 0 Å². The van der Waals surface area contributed by atoms with Gasteiger partial charge in [-0.2, -0.15) is 13.2 Å². The van der Waals surface area contributed by atoms with E-state index in [1.54, 1.807) is 12.1 Å². The molecule has 94 valence electrons. The Morgan fingerprint density at radius 1 is 1.12 bits per heavy atom. The Labute approximate surface area is 96.8 Å². The second-order valence-corrected chi connectivity index (χ2v) is 4.41. The first-order valence-corrected chi connectivity index (χ1v) is 5.49. The predicted octanol–water partition coefficient (Wildman–Crippen LogP) is 3.22. The fraction of sp³-hybridized carbons (Fsp3) is 0.500. The zero-order chi connectivity index (χ0) is 12.5. The van der Waals surface area contributed by atoms with Crippen molar-refractivity contribution in [1.82, 2.24) is 5.32 Å². The summed E-state index contributed by atoms with van der Waals surface area (Å²) in [6, 6.07) is 6.07. The SMILES string of the molecule is Fc1ccc(C2CC(NCC(F)(F)F)C2)cc1. The summed E-state index contributed by atoms with van der Waals surface area (Å²) in [7, 11) is 0. The summed E-state index contributed by atoms with van der Waals surface area (Å²) in [5, 5.41) is 2.47. The Balaban J connectivity index is 1.77. The fourth-order valence-corrected chi connectivity index (χ4v) is 2.05. The van der Waals surface area contributed by atoms with Gasteiger partial charge in [-0.15, -0.1) is 0 Å². The molecule has 0 heterocycles. The number of alkyl halides is 3. The lowest BCUT2D eigenvalue weighted by Crippen LogP contribution is -2.44. The molecule has 0 aromatic heterocycles. The Morgan fingerprint density at radius 2 is 1.71 bits per heavy atom. The second-order valence-electron chi connectivity index (χ2n) is 4.41. The molecule has 0 bridgehead atoms. The number of halogens is 4. The molecule has 1 fully saturated rings. The van der Waals surface area contributed by atoms with Gasteiger partial charge in [-0.05, 0) is 36.5 Å². The Hall–Kier alpha value is -1.10. The third-order valence-electron chi connectivity index (χ3n) is 3.07. The molecule has 1 aromatic rings. The summed E-state index contributed by atoms with van der Waals surface area (Å²) < 4.78 is 48.5. The molecule has 0 spiro atoms. The maximum atomic E-state index is 12.7. The number of rotatable bonds is 3. The Kier molecular flexibility index (Phi) is 3.38. The van der Waals surface area contributed by atoms with Crippen molar-refractivity contribution in [1.29, 1.82) is 0 Å². The van der Waals surface area contributed by atoms with E-state index < -0.39 is 12.7 Å². The van der Waals surface area contributed by atoms with Gasteiger partial charge in [0.15, 0.2) is 0 Å². The highest BCUT2D eigenvalue weighted by Crippen LogP contribution is 2.37. The molecule has 1 aromatic carbocycles. The van der Waals surface area contributed by atoms with Crippen molar-refractivity contribution in [2.24, 2.45) is 0 Å². The highest BCUT2D eigenvalue weighted by molar-refractivity contribution is 5.23. The molecule has 1 aliphatic rings. The molecule has 2 rings (SSSR count). The molecule has 0 amide bonds. The molecular formula is C12H13F4N. The van der Waals surface area contributed by atoms with E-state index in [1.807, 2.05) is 0 Å². The van der Waals surface area contributed by atoms with E-state index in [9.17, 15) is 17.6 Å². The maximum absolute atomic E-state index is 12.7. The van der Waals surface area contributed by atoms with Crippen LogP contribution in [0.2, 0.25) is 0 Å². The van der Waals surface area contributed by atoms with Gasteiger partial charge < -0.3 is 5.32 Å². The monoisotopic (exact) mass is 247 g/mol. The zero-order valence-corrected chi connectivity index (χ0v) is 9.10. The highest BCUT2D eigenvalue weighted by atomic mass is 19.4. The quantitative estimate of drug-likeness (QED) is 0.809.